The molecule has 0 aliphatic carbocycles. The van der Waals surface area contributed by atoms with Crippen molar-refractivity contribution in [1.29, 1.82) is 0 Å². The van der Waals surface area contributed by atoms with Gasteiger partial charge >= 0.3 is 0 Å². The molecule has 0 radical (unpaired) electrons. The van der Waals surface area contributed by atoms with Gasteiger partial charge in [-0.05, 0) is 37.9 Å². The van der Waals surface area contributed by atoms with Crippen LogP contribution in [0, 0.1) is 0 Å². The van der Waals surface area contributed by atoms with Crippen molar-refractivity contribution in [2.45, 2.75) is 6.10 Å². The fourth-order valence-electron chi connectivity index (χ4n) is 2.01. The van der Waals surface area contributed by atoms with Gasteiger partial charge in [0.1, 0.15) is 6.10 Å². The Morgan fingerprint density at radius 1 is 1.30 bits per heavy atom. The lowest BCUT2D eigenvalue weighted by atomic mass is 10.0. The fourth-order valence-corrected chi connectivity index (χ4v) is 2.14. The lowest BCUT2D eigenvalue weighted by molar-refractivity contribution is 0.0621. The van der Waals surface area contributed by atoms with E-state index < -0.39 is 0 Å². The molecule has 1 aromatic carbocycles. The van der Waals surface area contributed by atoms with Crippen LogP contribution in [0.25, 0.3) is 0 Å². The Hall–Kier alpha value is -1.29. The zero-order valence-electron chi connectivity index (χ0n) is 12.0. The van der Waals surface area contributed by atoms with Crippen molar-refractivity contribution in [3.05, 3.63) is 58.8 Å². The molecular formula is C16H21ClN2O. The lowest BCUT2D eigenvalue weighted by Crippen LogP contribution is -2.26. The van der Waals surface area contributed by atoms with Crippen molar-refractivity contribution >= 4 is 11.6 Å². The van der Waals surface area contributed by atoms with Crippen molar-refractivity contribution in [3.8, 4) is 0 Å². The second kappa shape index (κ2) is 7.48. The van der Waals surface area contributed by atoms with Crippen LogP contribution < -0.4 is 5.32 Å². The number of dihydropyridines is 1. The quantitative estimate of drug-likeness (QED) is 0.872. The van der Waals surface area contributed by atoms with E-state index in [1.54, 1.807) is 0 Å². The summed E-state index contributed by atoms with van der Waals surface area (Å²) in [5, 5.41) is 4.12. The maximum absolute atomic E-state index is 6.07. The average Bonchev–Trinajstić information content (AvgIpc) is 2.46. The van der Waals surface area contributed by atoms with Crippen LogP contribution in [-0.4, -0.2) is 38.7 Å². The van der Waals surface area contributed by atoms with Gasteiger partial charge in [-0.2, -0.15) is 0 Å². The first-order valence-electron chi connectivity index (χ1n) is 6.79. The molecule has 108 valence electrons. The van der Waals surface area contributed by atoms with Gasteiger partial charge in [0.2, 0.25) is 0 Å². The van der Waals surface area contributed by atoms with Crippen molar-refractivity contribution in [2.75, 3.05) is 33.8 Å². The number of allylic oxidation sites excluding steroid dienone is 2. The van der Waals surface area contributed by atoms with Crippen LogP contribution in [0.15, 0.2) is 48.2 Å². The SMILES string of the molecule is CN(C)CCOC(C1=CC=CCN1)c1ccc(Cl)cc1. The number of likely N-dealkylation sites (N-methyl/N-ethyl adjacent to an activating group) is 1. The number of hydrogen-bond donors (Lipinski definition) is 1. The Kier molecular flexibility index (Phi) is 5.65. The minimum Gasteiger partial charge on any atom is -0.382 e. The molecule has 1 aliphatic heterocycles. The van der Waals surface area contributed by atoms with E-state index in [0.29, 0.717) is 6.61 Å². The number of rotatable bonds is 6. The molecule has 4 heteroatoms. The molecule has 0 saturated heterocycles. The number of hydrogen-bond acceptors (Lipinski definition) is 3. The van der Waals surface area contributed by atoms with E-state index in [2.05, 4.69) is 28.4 Å². The summed E-state index contributed by atoms with van der Waals surface area (Å²) < 4.78 is 6.07. The number of ether oxygens (including phenoxy) is 1. The first kappa shape index (κ1) is 15.1. The monoisotopic (exact) mass is 292 g/mol. The van der Waals surface area contributed by atoms with Crippen molar-refractivity contribution in [2.24, 2.45) is 0 Å². The van der Waals surface area contributed by atoms with Crippen LogP contribution in [0.1, 0.15) is 11.7 Å². The molecule has 0 bridgehead atoms. The fraction of sp³-hybridized carbons (Fsp3) is 0.375. The Balaban J connectivity index is 2.12. The molecule has 0 amide bonds. The molecule has 1 N–H and O–H groups in total. The minimum atomic E-state index is -0.0721. The van der Waals surface area contributed by atoms with E-state index in [4.69, 9.17) is 16.3 Å². The van der Waals surface area contributed by atoms with Gasteiger partial charge in [0.05, 0.1) is 6.61 Å². The Morgan fingerprint density at radius 2 is 2.05 bits per heavy atom. The number of benzene rings is 1. The molecule has 1 aromatic rings. The third-order valence-electron chi connectivity index (χ3n) is 3.11. The summed E-state index contributed by atoms with van der Waals surface area (Å²) in [4.78, 5) is 2.11. The number of nitrogens with zero attached hydrogens (tertiary/aromatic N) is 1. The van der Waals surface area contributed by atoms with Gasteiger partial charge in [0, 0.05) is 23.8 Å². The van der Waals surface area contributed by atoms with E-state index in [-0.39, 0.29) is 6.10 Å². The molecule has 1 heterocycles. The standard InChI is InChI=1S/C16H21ClN2O/c1-19(2)11-12-20-16(15-5-3-4-10-18-15)13-6-8-14(17)9-7-13/h3-9,16,18H,10-12H2,1-2H3. The van der Waals surface area contributed by atoms with E-state index in [9.17, 15) is 0 Å². The van der Waals surface area contributed by atoms with Crippen LogP contribution >= 0.6 is 11.6 Å². The van der Waals surface area contributed by atoms with Crippen LogP contribution in [0.3, 0.4) is 0 Å². The molecule has 0 spiro atoms. The summed E-state index contributed by atoms with van der Waals surface area (Å²) in [6.07, 6.45) is 6.14. The van der Waals surface area contributed by atoms with Crippen molar-refractivity contribution in [3.63, 3.8) is 0 Å². The van der Waals surface area contributed by atoms with Crippen molar-refractivity contribution < 1.29 is 4.74 Å². The first-order valence-corrected chi connectivity index (χ1v) is 7.17. The van der Waals surface area contributed by atoms with Gasteiger partial charge in [0.15, 0.2) is 0 Å². The highest BCUT2D eigenvalue weighted by Crippen LogP contribution is 2.26. The highest BCUT2D eigenvalue weighted by atomic mass is 35.5. The maximum atomic E-state index is 6.07. The van der Waals surface area contributed by atoms with Crippen LogP contribution in [0.4, 0.5) is 0 Å². The third-order valence-corrected chi connectivity index (χ3v) is 3.37. The van der Waals surface area contributed by atoms with Gasteiger partial charge in [-0.3, -0.25) is 0 Å². The van der Waals surface area contributed by atoms with Gasteiger partial charge < -0.3 is 15.0 Å². The molecular weight excluding hydrogens is 272 g/mol. The summed E-state index contributed by atoms with van der Waals surface area (Å²) in [5.74, 6) is 0. The third kappa shape index (κ3) is 4.37. The number of halogens is 1. The highest BCUT2D eigenvalue weighted by molar-refractivity contribution is 6.30. The molecule has 0 fully saturated rings. The van der Waals surface area contributed by atoms with E-state index >= 15 is 0 Å². The molecule has 1 atom stereocenters. The molecule has 0 aromatic heterocycles. The average molecular weight is 293 g/mol. The minimum absolute atomic E-state index is 0.0721. The summed E-state index contributed by atoms with van der Waals surface area (Å²) >= 11 is 5.96. The zero-order chi connectivity index (χ0) is 14.4. The Labute approximate surface area is 125 Å². The van der Waals surface area contributed by atoms with E-state index in [1.807, 2.05) is 38.4 Å². The van der Waals surface area contributed by atoms with Crippen molar-refractivity contribution in [1.82, 2.24) is 10.2 Å². The van der Waals surface area contributed by atoms with Crippen LogP contribution in [0.2, 0.25) is 5.02 Å². The predicted octanol–water partition coefficient (Wildman–Crippen LogP) is 3.00. The highest BCUT2D eigenvalue weighted by Gasteiger charge is 2.18. The second-order valence-electron chi connectivity index (χ2n) is 5.04. The summed E-state index contributed by atoms with van der Waals surface area (Å²) in [6.45, 7) is 2.42. The number of nitrogens with one attached hydrogen (secondary N) is 1. The molecule has 0 saturated carbocycles. The Morgan fingerprint density at radius 3 is 2.65 bits per heavy atom. The molecule has 20 heavy (non-hydrogen) atoms. The predicted molar refractivity (Wildman–Crippen MR) is 83.9 cm³/mol. The summed E-state index contributed by atoms with van der Waals surface area (Å²) in [6, 6.07) is 7.84. The maximum Gasteiger partial charge on any atom is 0.122 e. The largest absolute Gasteiger partial charge is 0.382 e. The zero-order valence-corrected chi connectivity index (χ0v) is 12.7. The second-order valence-corrected chi connectivity index (χ2v) is 5.47. The summed E-state index contributed by atoms with van der Waals surface area (Å²) in [5.41, 5.74) is 2.20. The smallest absolute Gasteiger partial charge is 0.122 e. The van der Waals surface area contributed by atoms with Gasteiger partial charge in [-0.1, -0.05) is 35.9 Å². The van der Waals surface area contributed by atoms with Gasteiger partial charge in [-0.25, -0.2) is 0 Å². The molecule has 1 unspecified atom stereocenters. The first-order chi connectivity index (χ1) is 9.66. The van der Waals surface area contributed by atoms with E-state index in [0.717, 1.165) is 29.4 Å². The topological polar surface area (TPSA) is 24.5 Å². The van der Waals surface area contributed by atoms with Gasteiger partial charge in [0.25, 0.3) is 0 Å². The molecule has 3 nitrogen and oxygen atoms in total. The summed E-state index contributed by atoms with van der Waals surface area (Å²) in [7, 11) is 4.09. The van der Waals surface area contributed by atoms with E-state index in [1.165, 1.54) is 0 Å². The van der Waals surface area contributed by atoms with Gasteiger partial charge in [-0.15, -0.1) is 0 Å². The Bertz CT molecular complexity index is 480. The molecule has 1 aliphatic rings. The normalized spacial score (nSPS) is 15.9. The molecule has 2 rings (SSSR count). The van der Waals surface area contributed by atoms with Crippen LogP contribution in [0.5, 0.6) is 0 Å². The lowest BCUT2D eigenvalue weighted by Gasteiger charge is -2.24. The van der Waals surface area contributed by atoms with Crippen LogP contribution in [-0.2, 0) is 4.74 Å².